The molecule has 0 unspecified atom stereocenters. The third-order valence-corrected chi connectivity index (χ3v) is 7.46. The number of benzene rings is 2. The molecule has 3 rings (SSSR count). The second-order valence-corrected chi connectivity index (χ2v) is 10.3. The number of hydrogen-bond donors (Lipinski definition) is 1. The lowest BCUT2D eigenvalue weighted by Crippen LogP contribution is -2.47. The van der Waals surface area contributed by atoms with E-state index in [0.29, 0.717) is 5.69 Å². The van der Waals surface area contributed by atoms with E-state index in [9.17, 15) is 18.0 Å². The lowest BCUT2D eigenvalue weighted by atomic mass is 10.1. The minimum absolute atomic E-state index is 0.109. The fourth-order valence-corrected chi connectivity index (χ4v) is 5.53. The van der Waals surface area contributed by atoms with Crippen molar-refractivity contribution in [2.75, 3.05) is 15.9 Å². The Hall–Kier alpha value is -2.07. The Morgan fingerprint density at radius 2 is 1.90 bits per heavy atom. The average molecular weight is 488 g/mol. The highest BCUT2D eigenvalue weighted by Crippen LogP contribution is 2.31. The number of carbonyl (C=O) groups is 1. The van der Waals surface area contributed by atoms with Crippen molar-refractivity contribution >= 4 is 72.1 Å². The molecular weight excluding hydrogens is 469 g/mol. The minimum atomic E-state index is -3.80. The summed E-state index contributed by atoms with van der Waals surface area (Å²) >= 11 is 13.1. The molecule has 0 spiro atoms. The van der Waals surface area contributed by atoms with Gasteiger partial charge in [-0.1, -0.05) is 41.5 Å². The largest absolute Gasteiger partial charge is 0.324 e. The molecule has 7 nitrogen and oxygen atoms in total. The number of thiazole rings is 1. The van der Waals surface area contributed by atoms with Crippen LogP contribution in [0.25, 0.3) is 10.2 Å². The summed E-state index contributed by atoms with van der Waals surface area (Å²) in [5.41, 5.74) is 1.46. The van der Waals surface area contributed by atoms with Crippen molar-refractivity contribution in [3.63, 3.8) is 0 Å². The highest BCUT2D eigenvalue weighted by atomic mass is 35.5. The van der Waals surface area contributed by atoms with Gasteiger partial charge in [0.2, 0.25) is 15.9 Å². The van der Waals surface area contributed by atoms with Gasteiger partial charge in [-0.15, -0.1) is 0 Å². The number of aromatic nitrogens is 1. The standard InChI is InChI=1S/C19H19Cl2N3O4S2/c1-4-15(24(30(3,27)28)12-6-7-13(20)14(21)10-12)18(25)22-11-5-8-16-17(9-11)29-19(26)23(16)2/h5-10,15H,4H2,1-3H3,(H,22,25)/t15-/m0/s1. The second kappa shape index (κ2) is 8.58. The topological polar surface area (TPSA) is 88.5 Å². The van der Waals surface area contributed by atoms with E-state index < -0.39 is 22.0 Å². The van der Waals surface area contributed by atoms with Crippen molar-refractivity contribution in [3.8, 4) is 0 Å². The van der Waals surface area contributed by atoms with Gasteiger partial charge in [0, 0.05) is 12.7 Å². The smallest absolute Gasteiger partial charge is 0.307 e. The fraction of sp³-hybridized carbons (Fsp3) is 0.263. The van der Waals surface area contributed by atoms with Crippen LogP contribution in [0, 0.1) is 0 Å². The number of anilines is 2. The van der Waals surface area contributed by atoms with Gasteiger partial charge >= 0.3 is 4.87 Å². The quantitative estimate of drug-likeness (QED) is 0.566. The summed E-state index contributed by atoms with van der Waals surface area (Å²) in [6, 6.07) is 8.47. The molecule has 2 aromatic carbocycles. The van der Waals surface area contributed by atoms with Gasteiger partial charge in [0.05, 0.1) is 32.2 Å². The zero-order valence-corrected chi connectivity index (χ0v) is 19.5. The molecule has 0 aliphatic heterocycles. The molecule has 0 saturated carbocycles. The number of nitrogens with one attached hydrogen (secondary N) is 1. The molecule has 30 heavy (non-hydrogen) atoms. The first-order valence-electron chi connectivity index (χ1n) is 8.87. The Bertz CT molecular complexity index is 1280. The van der Waals surface area contributed by atoms with Crippen molar-refractivity contribution in [2.45, 2.75) is 19.4 Å². The predicted octanol–water partition coefficient (Wildman–Crippen LogP) is 4.09. The monoisotopic (exact) mass is 487 g/mol. The zero-order chi connectivity index (χ0) is 22.2. The van der Waals surface area contributed by atoms with Crippen LogP contribution in [0.15, 0.2) is 41.2 Å². The van der Waals surface area contributed by atoms with Crippen molar-refractivity contribution in [1.82, 2.24) is 4.57 Å². The molecule has 0 fully saturated rings. The first-order chi connectivity index (χ1) is 14.0. The fourth-order valence-electron chi connectivity index (χ4n) is 3.12. The van der Waals surface area contributed by atoms with Crippen molar-refractivity contribution in [2.24, 2.45) is 7.05 Å². The van der Waals surface area contributed by atoms with Crippen molar-refractivity contribution < 1.29 is 13.2 Å². The third kappa shape index (κ3) is 4.49. The van der Waals surface area contributed by atoms with E-state index in [0.717, 1.165) is 32.1 Å². The number of amides is 1. The van der Waals surface area contributed by atoms with E-state index in [1.165, 1.54) is 22.8 Å². The first kappa shape index (κ1) is 22.6. The number of rotatable bonds is 6. The Balaban J connectivity index is 1.96. The average Bonchev–Trinajstić information content (AvgIpc) is 2.94. The molecule has 0 radical (unpaired) electrons. The number of aryl methyl sites for hydroxylation is 1. The Morgan fingerprint density at radius 1 is 1.20 bits per heavy atom. The van der Waals surface area contributed by atoms with Gasteiger partial charge in [-0.3, -0.25) is 13.9 Å². The molecule has 160 valence electrons. The Morgan fingerprint density at radius 3 is 2.50 bits per heavy atom. The second-order valence-electron chi connectivity index (χ2n) is 6.68. The molecule has 1 amide bonds. The van der Waals surface area contributed by atoms with E-state index in [-0.39, 0.29) is 27.0 Å². The molecule has 3 aromatic rings. The van der Waals surface area contributed by atoms with Crippen LogP contribution in [0.1, 0.15) is 13.3 Å². The van der Waals surface area contributed by atoms with Crippen LogP contribution in [-0.4, -0.2) is 31.2 Å². The van der Waals surface area contributed by atoms with Crippen LogP contribution in [0.2, 0.25) is 10.0 Å². The summed E-state index contributed by atoms with van der Waals surface area (Å²) in [6.07, 6.45) is 1.25. The van der Waals surface area contributed by atoms with Gasteiger partial charge in [-0.2, -0.15) is 0 Å². The Labute approximate surface area is 187 Å². The van der Waals surface area contributed by atoms with Crippen molar-refractivity contribution in [3.05, 3.63) is 56.1 Å². The van der Waals surface area contributed by atoms with Crippen LogP contribution >= 0.6 is 34.5 Å². The summed E-state index contributed by atoms with van der Waals surface area (Å²) in [7, 11) is -2.13. The zero-order valence-electron chi connectivity index (χ0n) is 16.3. The van der Waals surface area contributed by atoms with Gasteiger partial charge in [0.25, 0.3) is 0 Å². The lowest BCUT2D eigenvalue weighted by molar-refractivity contribution is -0.117. The van der Waals surface area contributed by atoms with Crippen LogP contribution in [0.5, 0.6) is 0 Å². The Kier molecular flexibility index (Phi) is 6.47. The number of hydrogen-bond acceptors (Lipinski definition) is 5. The number of sulfonamides is 1. The van der Waals surface area contributed by atoms with E-state index in [2.05, 4.69) is 5.32 Å². The summed E-state index contributed by atoms with van der Waals surface area (Å²) < 4.78 is 28.3. The van der Waals surface area contributed by atoms with Gasteiger partial charge < -0.3 is 9.88 Å². The predicted molar refractivity (Wildman–Crippen MR) is 124 cm³/mol. The SMILES string of the molecule is CC[C@@H](C(=O)Nc1ccc2c(c1)sc(=O)n2C)N(c1ccc(Cl)c(Cl)c1)S(C)(=O)=O. The lowest BCUT2D eigenvalue weighted by Gasteiger charge is -2.30. The molecule has 0 aliphatic rings. The van der Waals surface area contributed by atoms with E-state index in [4.69, 9.17) is 23.2 Å². The van der Waals surface area contributed by atoms with Crippen molar-refractivity contribution in [1.29, 1.82) is 0 Å². The summed E-state index contributed by atoms with van der Waals surface area (Å²) in [5, 5.41) is 3.22. The highest BCUT2D eigenvalue weighted by molar-refractivity contribution is 7.92. The maximum atomic E-state index is 13.0. The van der Waals surface area contributed by atoms with Crippen LogP contribution in [0.4, 0.5) is 11.4 Å². The maximum absolute atomic E-state index is 13.0. The molecule has 1 heterocycles. The molecule has 1 N–H and O–H groups in total. The summed E-state index contributed by atoms with van der Waals surface area (Å²) in [5.74, 6) is -0.503. The van der Waals surface area contributed by atoms with Gasteiger partial charge in [0.1, 0.15) is 6.04 Å². The van der Waals surface area contributed by atoms with E-state index in [1.54, 1.807) is 32.2 Å². The normalized spacial score (nSPS) is 12.7. The molecule has 11 heteroatoms. The molecule has 0 bridgehead atoms. The number of halogens is 2. The molecular formula is C19H19Cl2N3O4S2. The van der Waals surface area contributed by atoms with E-state index >= 15 is 0 Å². The summed E-state index contributed by atoms with van der Waals surface area (Å²) in [4.78, 5) is 24.8. The minimum Gasteiger partial charge on any atom is -0.324 e. The van der Waals surface area contributed by atoms with Gasteiger partial charge in [0.15, 0.2) is 0 Å². The number of nitrogens with zero attached hydrogens (tertiary/aromatic N) is 2. The number of carbonyl (C=O) groups excluding carboxylic acids is 1. The summed E-state index contributed by atoms with van der Waals surface area (Å²) in [6.45, 7) is 1.71. The van der Waals surface area contributed by atoms with E-state index in [1.807, 2.05) is 0 Å². The van der Waals surface area contributed by atoms with Crippen LogP contribution in [-0.2, 0) is 21.9 Å². The molecule has 0 saturated heterocycles. The molecule has 1 atom stereocenters. The molecule has 1 aromatic heterocycles. The van der Waals surface area contributed by atoms with Crippen LogP contribution < -0.4 is 14.5 Å². The first-order valence-corrected chi connectivity index (χ1v) is 12.3. The third-order valence-electron chi connectivity index (χ3n) is 4.55. The molecule has 0 aliphatic carbocycles. The van der Waals surface area contributed by atoms with Gasteiger partial charge in [-0.05, 0) is 42.8 Å². The number of fused-ring (bicyclic) bond motifs is 1. The highest BCUT2D eigenvalue weighted by Gasteiger charge is 2.32. The maximum Gasteiger partial charge on any atom is 0.307 e. The van der Waals surface area contributed by atoms with Gasteiger partial charge in [-0.25, -0.2) is 8.42 Å². The van der Waals surface area contributed by atoms with Crippen LogP contribution in [0.3, 0.4) is 0 Å².